The molecular formula is C17H31N3S. The largest absolute Gasteiger partial charge is 0.329 e. The smallest absolute Gasteiger partial charge is 0.0565 e. The van der Waals surface area contributed by atoms with Gasteiger partial charge in [0, 0.05) is 35.4 Å². The van der Waals surface area contributed by atoms with Crippen molar-refractivity contribution in [2.45, 2.75) is 45.2 Å². The van der Waals surface area contributed by atoms with Crippen LogP contribution in [0.5, 0.6) is 0 Å². The van der Waals surface area contributed by atoms with E-state index in [1.165, 1.54) is 9.75 Å². The summed E-state index contributed by atoms with van der Waals surface area (Å²) in [6.07, 6.45) is 0. The molecule has 120 valence electrons. The molecule has 2 heterocycles. The second-order valence-corrected chi connectivity index (χ2v) is 8.78. The van der Waals surface area contributed by atoms with Gasteiger partial charge in [-0.2, -0.15) is 0 Å². The Kier molecular flexibility index (Phi) is 5.14. The molecule has 21 heavy (non-hydrogen) atoms. The van der Waals surface area contributed by atoms with Gasteiger partial charge in [-0.15, -0.1) is 11.3 Å². The highest BCUT2D eigenvalue weighted by Gasteiger charge is 2.35. The molecule has 2 N–H and O–H groups in total. The van der Waals surface area contributed by atoms with Crippen molar-refractivity contribution < 1.29 is 0 Å². The second-order valence-electron chi connectivity index (χ2n) is 7.67. The van der Waals surface area contributed by atoms with Gasteiger partial charge in [-0.05, 0) is 37.6 Å². The lowest BCUT2D eigenvalue weighted by Crippen LogP contribution is -2.36. The summed E-state index contributed by atoms with van der Waals surface area (Å²) >= 11 is 1.93. The number of rotatable bonds is 4. The molecule has 1 saturated heterocycles. The van der Waals surface area contributed by atoms with E-state index < -0.39 is 0 Å². The minimum Gasteiger partial charge on any atom is -0.329 e. The molecule has 0 aliphatic carbocycles. The summed E-state index contributed by atoms with van der Waals surface area (Å²) in [6.45, 7) is 12.2. The fourth-order valence-corrected chi connectivity index (χ4v) is 4.51. The molecule has 0 radical (unpaired) electrons. The predicted octanol–water partition coefficient (Wildman–Crippen LogP) is 2.93. The van der Waals surface area contributed by atoms with Crippen molar-refractivity contribution in [2.24, 2.45) is 11.7 Å². The summed E-state index contributed by atoms with van der Waals surface area (Å²) in [6, 6.07) is 5.58. The first-order chi connectivity index (χ1) is 9.74. The molecule has 0 bridgehead atoms. The number of hydrogen-bond acceptors (Lipinski definition) is 4. The maximum Gasteiger partial charge on any atom is 0.0565 e. The van der Waals surface area contributed by atoms with Gasteiger partial charge >= 0.3 is 0 Å². The number of nitrogens with two attached hydrogens (primary N) is 1. The van der Waals surface area contributed by atoms with Crippen molar-refractivity contribution in [3.8, 4) is 0 Å². The molecule has 4 heteroatoms. The molecule has 3 unspecified atom stereocenters. The molecule has 1 aliphatic rings. The molecule has 0 aromatic carbocycles. The summed E-state index contributed by atoms with van der Waals surface area (Å²) in [5.41, 5.74) is 6.35. The van der Waals surface area contributed by atoms with E-state index >= 15 is 0 Å². The van der Waals surface area contributed by atoms with Gasteiger partial charge in [-0.3, -0.25) is 4.90 Å². The van der Waals surface area contributed by atoms with Crippen LogP contribution in [0, 0.1) is 5.92 Å². The summed E-state index contributed by atoms with van der Waals surface area (Å²) in [4.78, 5) is 7.81. The fourth-order valence-electron chi connectivity index (χ4n) is 3.29. The number of likely N-dealkylation sites (N-methyl/N-ethyl adjacent to an activating group) is 1. The molecule has 3 nitrogen and oxygen atoms in total. The molecule has 3 atom stereocenters. The minimum atomic E-state index is 0.229. The zero-order valence-corrected chi connectivity index (χ0v) is 15.2. The zero-order valence-electron chi connectivity index (χ0n) is 14.4. The van der Waals surface area contributed by atoms with Crippen LogP contribution >= 0.6 is 11.3 Å². The van der Waals surface area contributed by atoms with E-state index in [0.717, 1.165) is 13.1 Å². The number of hydrogen-bond donors (Lipinski definition) is 1. The van der Waals surface area contributed by atoms with E-state index in [4.69, 9.17) is 5.73 Å². The Balaban J connectivity index is 2.15. The third-order valence-corrected chi connectivity index (χ3v) is 6.23. The molecule has 0 amide bonds. The molecule has 0 spiro atoms. The summed E-state index contributed by atoms with van der Waals surface area (Å²) in [5.74, 6) is 0.705. The first kappa shape index (κ1) is 16.9. The maximum atomic E-state index is 6.12. The van der Waals surface area contributed by atoms with Crippen molar-refractivity contribution >= 4 is 11.3 Å². The van der Waals surface area contributed by atoms with E-state index in [9.17, 15) is 0 Å². The number of nitrogens with zero attached hydrogens (tertiary/aromatic N) is 2. The van der Waals surface area contributed by atoms with Crippen LogP contribution in [-0.4, -0.2) is 49.6 Å². The first-order valence-electron chi connectivity index (χ1n) is 7.94. The second kappa shape index (κ2) is 6.37. The van der Waals surface area contributed by atoms with Crippen LogP contribution in [-0.2, 0) is 5.41 Å². The molecule has 1 aromatic heterocycles. The Morgan fingerprint density at radius 2 is 2.00 bits per heavy atom. The van der Waals surface area contributed by atoms with Crippen LogP contribution in [0.15, 0.2) is 12.1 Å². The summed E-state index contributed by atoms with van der Waals surface area (Å²) in [7, 11) is 4.37. The Hall–Kier alpha value is -0.420. The van der Waals surface area contributed by atoms with Crippen LogP contribution in [0.1, 0.15) is 43.5 Å². The summed E-state index contributed by atoms with van der Waals surface area (Å²) in [5, 5.41) is 0. The highest BCUT2D eigenvalue weighted by molar-refractivity contribution is 7.12. The maximum absolute atomic E-state index is 6.12. The highest BCUT2D eigenvalue weighted by atomic mass is 32.1. The normalized spacial score (nSPS) is 25.7. The van der Waals surface area contributed by atoms with Crippen molar-refractivity contribution in [3.63, 3.8) is 0 Å². The van der Waals surface area contributed by atoms with Crippen LogP contribution in [0.3, 0.4) is 0 Å². The first-order valence-corrected chi connectivity index (χ1v) is 8.76. The SMILES string of the molecule is CC1CN(C(CN)c2ccc(C(C)(C)C)s2)CC1N(C)C. The lowest BCUT2D eigenvalue weighted by atomic mass is 9.95. The van der Waals surface area contributed by atoms with Gasteiger partial charge in [-0.1, -0.05) is 27.7 Å². The molecule has 1 aromatic rings. The molecule has 1 fully saturated rings. The van der Waals surface area contributed by atoms with Crippen LogP contribution < -0.4 is 5.73 Å². The lowest BCUT2D eigenvalue weighted by Gasteiger charge is -2.27. The summed E-state index contributed by atoms with van der Waals surface area (Å²) < 4.78 is 0. The zero-order chi connectivity index (χ0) is 15.8. The molecule has 1 aliphatic heterocycles. The Bertz CT molecular complexity index is 461. The van der Waals surface area contributed by atoms with Gasteiger partial charge < -0.3 is 10.6 Å². The standard InChI is InChI=1S/C17H31N3S/c1-12-10-20(11-14(12)19(5)6)13(9-18)15-7-8-16(21-15)17(2,3)4/h7-8,12-14H,9-11,18H2,1-6H3. The fraction of sp³-hybridized carbons (Fsp3) is 0.765. The van der Waals surface area contributed by atoms with E-state index in [-0.39, 0.29) is 5.41 Å². The quantitative estimate of drug-likeness (QED) is 0.928. The van der Waals surface area contributed by atoms with Gasteiger partial charge in [0.25, 0.3) is 0 Å². The van der Waals surface area contributed by atoms with Crippen LogP contribution in [0.4, 0.5) is 0 Å². The Morgan fingerprint density at radius 3 is 2.43 bits per heavy atom. The molecule has 2 rings (SSSR count). The van der Waals surface area contributed by atoms with Crippen molar-refractivity contribution in [3.05, 3.63) is 21.9 Å². The topological polar surface area (TPSA) is 32.5 Å². The lowest BCUT2D eigenvalue weighted by molar-refractivity contribution is 0.221. The Labute approximate surface area is 134 Å². The van der Waals surface area contributed by atoms with E-state index in [2.05, 4.69) is 63.7 Å². The van der Waals surface area contributed by atoms with Gasteiger partial charge in [0.2, 0.25) is 0 Å². The number of thiophene rings is 1. The van der Waals surface area contributed by atoms with Gasteiger partial charge in [-0.25, -0.2) is 0 Å². The third-order valence-electron chi connectivity index (χ3n) is 4.62. The minimum absolute atomic E-state index is 0.229. The Morgan fingerprint density at radius 1 is 1.33 bits per heavy atom. The monoisotopic (exact) mass is 309 g/mol. The van der Waals surface area contributed by atoms with E-state index in [1.54, 1.807) is 0 Å². The average Bonchev–Trinajstić information content (AvgIpc) is 2.97. The van der Waals surface area contributed by atoms with Crippen molar-refractivity contribution in [2.75, 3.05) is 33.7 Å². The van der Waals surface area contributed by atoms with Gasteiger partial charge in [0.1, 0.15) is 0 Å². The van der Waals surface area contributed by atoms with Crippen molar-refractivity contribution in [1.29, 1.82) is 0 Å². The van der Waals surface area contributed by atoms with Crippen LogP contribution in [0.25, 0.3) is 0 Å². The number of likely N-dealkylation sites (tertiary alicyclic amines) is 1. The molecule has 0 saturated carbocycles. The van der Waals surface area contributed by atoms with Gasteiger partial charge in [0.15, 0.2) is 0 Å². The highest BCUT2D eigenvalue weighted by Crippen LogP contribution is 2.36. The van der Waals surface area contributed by atoms with E-state index in [1.807, 2.05) is 11.3 Å². The van der Waals surface area contributed by atoms with Crippen molar-refractivity contribution in [1.82, 2.24) is 9.80 Å². The van der Waals surface area contributed by atoms with E-state index in [0.29, 0.717) is 24.5 Å². The van der Waals surface area contributed by atoms with Crippen LogP contribution in [0.2, 0.25) is 0 Å². The predicted molar refractivity (Wildman–Crippen MR) is 93.0 cm³/mol. The average molecular weight is 310 g/mol. The third kappa shape index (κ3) is 3.67. The van der Waals surface area contributed by atoms with Gasteiger partial charge in [0.05, 0.1) is 6.04 Å². The molecular weight excluding hydrogens is 278 g/mol.